The van der Waals surface area contributed by atoms with E-state index < -0.39 is 11.7 Å². The Labute approximate surface area is 147 Å². The average molecular weight is 352 g/mol. The van der Waals surface area contributed by atoms with E-state index in [4.69, 9.17) is 4.74 Å². The van der Waals surface area contributed by atoms with Gasteiger partial charge in [0.2, 0.25) is 0 Å². The third kappa shape index (κ3) is 3.25. The van der Waals surface area contributed by atoms with E-state index in [1.807, 2.05) is 0 Å². The number of methoxy groups -OCH3 is 1. The van der Waals surface area contributed by atoms with Crippen molar-refractivity contribution in [2.75, 3.05) is 13.7 Å². The van der Waals surface area contributed by atoms with E-state index in [-0.39, 0.29) is 23.4 Å². The molecule has 3 atom stereocenters. The highest BCUT2D eigenvalue weighted by molar-refractivity contribution is 5.85. The predicted molar refractivity (Wildman–Crippen MR) is 91.1 cm³/mol. The maximum atomic E-state index is 12.5. The second kappa shape index (κ2) is 6.92. The summed E-state index contributed by atoms with van der Waals surface area (Å²) in [6.07, 6.45) is 4.25. The van der Waals surface area contributed by atoms with E-state index in [0.29, 0.717) is 25.2 Å². The van der Waals surface area contributed by atoms with Gasteiger partial charge in [0.25, 0.3) is 5.91 Å². The molecule has 2 saturated carbocycles. The first-order valence-corrected chi connectivity index (χ1v) is 8.99. The molecule has 0 radical (unpaired) electrons. The van der Waals surface area contributed by atoms with Crippen molar-refractivity contribution < 1.29 is 14.6 Å². The molecule has 0 bridgehead atoms. The lowest BCUT2D eigenvalue weighted by Gasteiger charge is -2.27. The van der Waals surface area contributed by atoms with Gasteiger partial charge in [-0.3, -0.25) is 9.36 Å². The summed E-state index contributed by atoms with van der Waals surface area (Å²) in [6, 6.07) is 0. The molecule has 2 fully saturated rings. The largest absolute Gasteiger partial charge is 0.393 e. The Morgan fingerprint density at radius 2 is 2.04 bits per heavy atom. The van der Waals surface area contributed by atoms with E-state index in [1.165, 1.54) is 9.25 Å². The zero-order chi connectivity index (χ0) is 18.2. The highest BCUT2D eigenvalue weighted by Crippen LogP contribution is 2.37. The van der Waals surface area contributed by atoms with Gasteiger partial charge in [-0.25, -0.2) is 9.48 Å². The maximum Gasteiger partial charge on any atom is 0.345 e. The first-order valence-electron chi connectivity index (χ1n) is 8.99. The van der Waals surface area contributed by atoms with Gasteiger partial charge in [0.05, 0.1) is 6.10 Å². The van der Waals surface area contributed by atoms with Gasteiger partial charge >= 0.3 is 5.69 Å². The topological polar surface area (TPSA) is 98.4 Å². The lowest BCUT2D eigenvalue weighted by molar-refractivity contribution is -0.143. The summed E-state index contributed by atoms with van der Waals surface area (Å²) in [5.74, 6) is 0.609. The number of hydrogen-bond acceptors (Lipinski definition) is 5. The number of carbonyl (C=O) groups excluding carboxylic acids is 1. The molecule has 1 heterocycles. The SMILES string of the molecule is COC1(C(=O)NC[C@H]2C[C@H](c3nn(C)c(=O)n3C)C[C@H]2O)CCCC1. The third-order valence-electron chi connectivity index (χ3n) is 5.92. The van der Waals surface area contributed by atoms with Gasteiger partial charge in [-0.2, -0.15) is 5.10 Å². The molecule has 2 aliphatic carbocycles. The quantitative estimate of drug-likeness (QED) is 0.780. The van der Waals surface area contributed by atoms with Gasteiger partial charge in [-0.1, -0.05) is 0 Å². The van der Waals surface area contributed by atoms with Crippen molar-refractivity contribution in [3.8, 4) is 0 Å². The third-order valence-corrected chi connectivity index (χ3v) is 5.92. The van der Waals surface area contributed by atoms with Crippen molar-refractivity contribution in [3.05, 3.63) is 16.3 Å². The van der Waals surface area contributed by atoms with Gasteiger partial charge in [-0.05, 0) is 38.5 Å². The van der Waals surface area contributed by atoms with Crippen LogP contribution in [-0.2, 0) is 23.6 Å². The Bertz CT molecular complexity index is 689. The van der Waals surface area contributed by atoms with Crippen LogP contribution in [0.3, 0.4) is 0 Å². The Morgan fingerprint density at radius 3 is 2.60 bits per heavy atom. The molecule has 2 N–H and O–H groups in total. The van der Waals surface area contributed by atoms with Crippen molar-refractivity contribution >= 4 is 5.91 Å². The van der Waals surface area contributed by atoms with Gasteiger partial charge in [0, 0.05) is 39.6 Å². The average Bonchev–Trinajstić information content (AvgIpc) is 3.28. The second-order valence-corrected chi connectivity index (χ2v) is 7.43. The van der Waals surface area contributed by atoms with Crippen molar-refractivity contribution in [2.45, 2.75) is 56.1 Å². The number of aliphatic hydroxyl groups is 1. The van der Waals surface area contributed by atoms with E-state index in [2.05, 4.69) is 10.4 Å². The monoisotopic (exact) mass is 352 g/mol. The summed E-state index contributed by atoms with van der Waals surface area (Å²) in [6.45, 7) is 0.419. The molecule has 2 aliphatic rings. The van der Waals surface area contributed by atoms with Crippen LogP contribution in [-0.4, -0.2) is 50.7 Å². The van der Waals surface area contributed by atoms with Gasteiger partial charge < -0.3 is 15.2 Å². The Kier molecular flexibility index (Phi) is 5.02. The summed E-state index contributed by atoms with van der Waals surface area (Å²) >= 11 is 0. The zero-order valence-electron chi connectivity index (χ0n) is 15.2. The smallest absolute Gasteiger partial charge is 0.345 e. The van der Waals surface area contributed by atoms with Gasteiger partial charge in [0.15, 0.2) is 0 Å². The van der Waals surface area contributed by atoms with Crippen molar-refractivity contribution in [2.24, 2.45) is 20.0 Å². The van der Waals surface area contributed by atoms with Crippen LogP contribution in [0.4, 0.5) is 0 Å². The standard InChI is InChI=1S/C17H28N4O4/c1-20-14(19-21(2)16(20)24)11-8-12(13(22)9-11)10-18-15(23)17(25-3)6-4-5-7-17/h11-13,22H,4-10H2,1-3H3,(H,18,23)/t11-,12+,13+/m0/s1. The molecule has 25 heavy (non-hydrogen) atoms. The zero-order valence-corrected chi connectivity index (χ0v) is 15.2. The Hall–Kier alpha value is -1.67. The van der Waals surface area contributed by atoms with Crippen molar-refractivity contribution in [3.63, 3.8) is 0 Å². The summed E-state index contributed by atoms with van der Waals surface area (Å²) in [5.41, 5.74) is -0.863. The molecule has 140 valence electrons. The molecule has 0 saturated heterocycles. The lowest BCUT2D eigenvalue weighted by atomic mass is 9.99. The molecule has 8 heteroatoms. The molecule has 0 aliphatic heterocycles. The number of rotatable bonds is 5. The fourth-order valence-electron chi connectivity index (χ4n) is 4.32. The fraction of sp³-hybridized carbons (Fsp3) is 0.824. The van der Waals surface area contributed by atoms with E-state index in [9.17, 15) is 14.7 Å². The predicted octanol–water partition coefficient (Wildman–Crippen LogP) is 0.0487. The van der Waals surface area contributed by atoms with Crippen LogP contribution in [0.2, 0.25) is 0 Å². The Morgan fingerprint density at radius 1 is 1.36 bits per heavy atom. The molecule has 3 rings (SSSR count). The van der Waals surface area contributed by atoms with Crippen LogP contribution >= 0.6 is 0 Å². The van der Waals surface area contributed by atoms with Crippen LogP contribution in [0, 0.1) is 5.92 Å². The molecule has 1 aromatic heterocycles. The number of amides is 1. The van der Waals surface area contributed by atoms with Gasteiger partial charge in [0.1, 0.15) is 11.4 Å². The molecular weight excluding hydrogens is 324 g/mol. The van der Waals surface area contributed by atoms with Crippen LogP contribution in [0.5, 0.6) is 0 Å². The molecule has 1 amide bonds. The first-order chi connectivity index (χ1) is 11.9. The van der Waals surface area contributed by atoms with E-state index in [1.54, 1.807) is 21.2 Å². The number of aliphatic hydroxyl groups excluding tert-OH is 1. The van der Waals surface area contributed by atoms with Crippen molar-refractivity contribution in [1.29, 1.82) is 0 Å². The van der Waals surface area contributed by atoms with Crippen molar-refractivity contribution in [1.82, 2.24) is 19.7 Å². The number of hydrogen-bond donors (Lipinski definition) is 2. The minimum Gasteiger partial charge on any atom is -0.393 e. The molecule has 8 nitrogen and oxygen atoms in total. The number of ether oxygens (including phenoxy) is 1. The lowest BCUT2D eigenvalue weighted by Crippen LogP contribution is -2.48. The Balaban J connectivity index is 1.61. The van der Waals surface area contributed by atoms with E-state index >= 15 is 0 Å². The number of carbonyl (C=O) groups is 1. The van der Waals surface area contributed by atoms with Crippen LogP contribution in [0.15, 0.2) is 4.79 Å². The summed E-state index contributed by atoms with van der Waals surface area (Å²) in [4.78, 5) is 24.4. The van der Waals surface area contributed by atoms with E-state index in [0.717, 1.165) is 25.7 Å². The van der Waals surface area contributed by atoms with Gasteiger partial charge in [-0.15, -0.1) is 0 Å². The van der Waals surface area contributed by atoms with Crippen LogP contribution in [0.25, 0.3) is 0 Å². The summed E-state index contributed by atoms with van der Waals surface area (Å²) < 4.78 is 8.36. The number of nitrogens with zero attached hydrogens (tertiary/aromatic N) is 3. The first kappa shape index (κ1) is 18.1. The van der Waals surface area contributed by atoms with Crippen LogP contribution in [0.1, 0.15) is 50.3 Å². The maximum absolute atomic E-state index is 12.5. The highest BCUT2D eigenvalue weighted by Gasteiger charge is 2.42. The highest BCUT2D eigenvalue weighted by atomic mass is 16.5. The number of nitrogens with one attached hydrogen (secondary N) is 1. The van der Waals surface area contributed by atoms with Crippen LogP contribution < -0.4 is 11.0 Å². The second-order valence-electron chi connectivity index (χ2n) is 7.43. The fourth-order valence-corrected chi connectivity index (χ4v) is 4.32. The summed E-state index contributed by atoms with van der Waals surface area (Å²) in [7, 11) is 4.92. The summed E-state index contributed by atoms with van der Waals surface area (Å²) in [5, 5.41) is 17.6. The minimum atomic E-state index is -0.701. The normalized spacial score (nSPS) is 28.4. The molecule has 0 unspecified atom stereocenters. The molecule has 1 aromatic rings. The minimum absolute atomic E-state index is 0.0265. The number of aromatic nitrogens is 3. The molecule has 0 aromatic carbocycles. The molecule has 0 spiro atoms. The molecular formula is C17H28N4O4. The number of aryl methyl sites for hydroxylation is 1.